The van der Waals surface area contributed by atoms with Gasteiger partial charge >= 0.3 is 0 Å². The largest absolute Gasteiger partial charge is 0.348 e. The van der Waals surface area contributed by atoms with Crippen LogP contribution in [0, 0.1) is 11.3 Å². The molecule has 4 aromatic rings. The molecule has 0 spiro atoms. The highest BCUT2D eigenvalue weighted by molar-refractivity contribution is 7.22. The Labute approximate surface area is 184 Å². The van der Waals surface area contributed by atoms with Crippen molar-refractivity contribution >= 4 is 37.6 Å². The highest BCUT2D eigenvalue weighted by Crippen LogP contribution is 2.36. The van der Waals surface area contributed by atoms with Gasteiger partial charge in [0.05, 0.1) is 22.2 Å². The lowest BCUT2D eigenvalue weighted by atomic mass is 9.99. The summed E-state index contributed by atoms with van der Waals surface area (Å²) in [7, 11) is 4.05. The van der Waals surface area contributed by atoms with Gasteiger partial charge in [0, 0.05) is 49.4 Å². The number of pyridine rings is 1. The molecule has 156 valence electrons. The standard InChI is InChI=1S/C23H23N7S/c1-29-12-15-6-13(5-14(10-24)22(15)28-29)19-9-21-20(11-25-19)27-23(31-21)30(2)18-7-16-3-4-17(8-18)26-16/h5-6,9,11-12,16-18,26H,3-4,7-8H2,1-2H3/t16-,17+,18-. The number of hydrogen-bond acceptors (Lipinski definition) is 7. The van der Waals surface area contributed by atoms with E-state index in [1.165, 1.54) is 25.7 Å². The molecule has 1 N–H and O–H groups in total. The predicted octanol–water partition coefficient (Wildman–Crippen LogP) is 3.84. The number of hydrogen-bond donors (Lipinski definition) is 1. The van der Waals surface area contributed by atoms with E-state index in [1.807, 2.05) is 25.5 Å². The van der Waals surface area contributed by atoms with Crippen LogP contribution in [0.5, 0.6) is 0 Å². The highest BCUT2D eigenvalue weighted by Gasteiger charge is 2.35. The van der Waals surface area contributed by atoms with Crippen LogP contribution < -0.4 is 10.2 Å². The van der Waals surface area contributed by atoms with Crippen molar-refractivity contribution < 1.29 is 0 Å². The Balaban J connectivity index is 1.35. The third kappa shape index (κ3) is 3.16. The summed E-state index contributed by atoms with van der Waals surface area (Å²) in [5, 5.41) is 19.7. The summed E-state index contributed by atoms with van der Waals surface area (Å²) in [4.78, 5) is 11.9. The van der Waals surface area contributed by atoms with Crippen molar-refractivity contribution in [2.24, 2.45) is 7.05 Å². The van der Waals surface area contributed by atoms with E-state index >= 15 is 0 Å². The molecule has 3 atom stereocenters. The summed E-state index contributed by atoms with van der Waals surface area (Å²) in [5.74, 6) is 0. The fourth-order valence-electron chi connectivity index (χ4n) is 5.12. The van der Waals surface area contributed by atoms with Gasteiger partial charge in [-0.25, -0.2) is 4.98 Å². The first-order chi connectivity index (χ1) is 15.1. The number of thiazole rings is 1. The van der Waals surface area contributed by atoms with E-state index in [4.69, 9.17) is 4.98 Å². The number of aryl methyl sites for hydroxylation is 1. The van der Waals surface area contributed by atoms with E-state index in [0.29, 0.717) is 23.7 Å². The lowest BCUT2D eigenvalue weighted by Gasteiger charge is -2.35. The number of nitrogens with one attached hydrogen (secondary N) is 1. The van der Waals surface area contributed by atoms with Gasteiger partial charge in [0.25, 0.3) is 0 Å². The zero-order chi connectivity index (χ0) is 21.1. The molecule has 8 heteroatoms. The Kier molecular flexibility index (Phi) is 4.23. The van der Waals surface area contributed by atoms with Crippen LogP contribution in [-0.2, 0) is 7.05 Å². The SMILES string of the molecule is CN(c1nc2cnc(-c3cc(C#N)c4nn(C)cc4c3)cc2s1)[C@@H]1C[C@H]2CC[C@@H](C1)N2. The lowest BCUT2D eigenvalue weighted by Crippen LogP contribution is -2.47. The van der Waals surface area contributed by atoms with Crippen LogP contribution in [0.4, 0.5) is 5.13 Å². The summed E-state index contributed by atoms with van der Waals surface area (Å²) in [6.45, 7) is 0. The van der Waals surface area contributed by atoms with Gasteiger partial charge < -0.3 is 10.2 Å². The molecule has 7 nitrogen and oxygen atoms in total. The molecule has 2 aliphatic rings. The van der Waals surface area contributed by atoms with E-state index < -0.39 is 0 Å². The maximum absolute atomic E-state index is 9.58. The number of aromatic nitrogens is 4. The maximum Gasteiger partial charge on any atom is 0.186 e. The molecule has 2 saturated heterocycles. The first-order valence-corrected chi connectivity index (χ1v) is 11.5. The molecule has 2 bridgehead atoms. The van der Waals surface area contributed by atoms with Crippen LogP contribution in [0.1, 0.15) is 31.2 Å². The average molecular weight is 430 g/mol. The molecule has 3 aromatic heterocycles. The van der Waals surface area contributed by atoms with Gasteiger partial charge in [-0.3, -0.25) is 9.67 Å². The second kappa shape index (κ2) is 7.01. The van der Waals surface area contributed by atoms with Gasteiger partial charge in [-0.2, -0.15) is 10.4 Å². The van der Waals surface area contributed by atoms with E-state index in [2.05, 4.69) is 45.5 Å². The molecular formula is C23H23N7S. The fourth-order valence-corrected chi connectivity index (χ4v) is 6.12. The number of nitriles is 1. The minimum absolute atomic E-state index is 0.540. The van der Waals surface area contributed by atoms with Gasteiger partial charge in [0.15, 0.2) is 5.13 Å². The third-order valence-electron chi connectivity index (χ3n) is 6.70. The van der Waals surface area contributed by atoms with Crippen LogP contribution in [0.25, 0.3) is 32.4 Å². The summed E-state index contributed by atoms with van der Waals surface area (Å²) in [5.41, 5.74) is 4.01. The van der Waals surface area contributed by atoms with E-state index in [-0.39, 0.29) is 0 Å². The fraction of sp³-hybridized carbons (Fsp3) is 0.391. The molecule has 31 heavy (non-hydrogen) atoms. The van der Waals surface area contributed by atoms with Crippen molar-refractivity contribution in [2.75, 3.05) is 11.9 Å². The topological polar surface area (TPSA) is 82.7 Å². The molecule has 0 amide bonds. The maximum atomic E-state index is 9.58. The van der Waals surface area contributed by atoms with Crippen molar-refractivity contribution in [3.8, 4) is 17.3 Å². The molecule has 0 saturated carbocycles. The third-order valence-corrected chi connectivity index (χ3v) is 7.81. The minimum Gasteiger partial charge on any atom is -0.348 e. The Bertz CT molecular complexity index is 1340. The van der Waals surface area contributed by atoms with Crippen molar-refractivity contribution in [3.05, 3.63) is 36.2 Å². The Morgan fingerprint density at radius 2 is 2.03 bits per heavy atom. The molecular weight excluding hydrogens is 406 g/mol. The zero-order valence-corrected chi connectivity index (χ0v) is 18.4. The molecule has 1 aromatic carbocycles. The van der Waals surface area contributed by atoms with Crippen LogP contribution in [-0.4, -0.2) is 44.9 Å². The predicted molar refractivity (Wildman–Crippen MR) is 123 cm³/mol. The molecule has 2 fully saturated rings. The van der Waals surface area contributed by atoms with Crippen molar-refractivity contribution in [3.63, 3.8) is 0 Å². The van der Waals surface area contributed by atoms with E-state index in [1.54, 1.807) is 16.0 Å². The number of piperidine rings is 1. The minimum atomic E-state index is 0.540. The quantitative estimate of drug-likeness (QED) is 0.533. The Hall–Kier alpha value is -3.02. The first-order valence-electron chi connectivity index (χ1n) is 10.7. The molecule has 0 aliphatic carbocycles. The van der Waals surface area contributed by atoms with Gasteiger partial charge in [0.2, 0.25) is 0 Å². The molecule has 2 aliphatic heterocycles. The number of fused-ring (bicyclic) bond motifs is 4. The Morgan fingerprint density at radius 3 is 2.81 bits per heavy atom. The smallest absolute Gasteiger partial charge is 0.186 e. The Morgan fingerprint density at radius 1 is 1.23 bits per heavy atom. The molecule has 5 heterocycles. The monoisotopic (exact) mass is 429 g/mol. The van der Waals surface area contributed by atoms with Crippen LogP contribution in [0.15, 0.2) is 30.6 Å². The summed E-state index contributed by atoms with van der Waals surface area (Å²) in [6, 6.07) is 10.2. The van der Waals surface area contributed by atoms with Gasteiger partial charge in [-0.15, -0.1) is 0 Å². The summed E-state index contributed by atoms with van der Waals surface area (Å²) in [6.07, 6.45) is 8.76. The first kappa shape index (κ1) is 18.7. The number of benzene rings is 1. The second-order valence-electron chi connectivity index (χ2n) is 8.78. The molecule has 0 radical (unpaired) electrons. The number of nitrogens with zero attached hydrogens (tertiary/aromatic N) is 6. The van der Waals surface area contributed by atoms with Crippen molar-refractivity contribution in [2.45, 2.75) is 43.8 Å². The number of rotatable bonds is 3. The van der Waals surface area contributed by atoms with E-state index in [0.717, 1.165) is 37.5 Å². The summed E-state index contributed by atoms with van der Waals surface area (Å²) >= 11 is 1.72. The van der Waals surface area contributed by atoms with Gasteiger partial charge in [0.1, 0.15) is 17.1 Å². The van der Waals surface area contributed by atoms with Crippen LogP contribution in [0.2, 0.25) is 0 Å². The highest BCUT2D eigenvalue weighted by atomic mass is 32.1. The number of anilines is 1. The van der Waals surface area contributed by atoms with Gasteiger partial charge in [-0.05, 0) is 43.9 Å². The van der Waals surface area contributed by atoms with Crippen molar-refractivity contribution in [1.29, 1.82) is 5.26 Å². The van der Waals surface area contributed by atoms with Crippen molar-refractivity contribution in [1.82, 2.24) is 25.1 Å². The van der Waals surface area contributed by atoms with E-state index in [9.17, 15) is 5.26 Å². The molecule has 0 unspecified atom stereocenters. The normalized spacial score (nSPS) is 22.8. The van der Waals surface area contributed by atoms with Crippen LogP contribution in [0.3, 0.4) is 0 Å². The average Bonchev–Trinajstić information content (AvgIpc) is 3.46. The molecule has 6 rings (SSSR count). The van der Waals surface area contributed by atoms with Crippen LogP contribution >= 0.6 is 11.3 Å². The second-order valence-corrected chi connectivity index (χ2v) is 9.79. The lowest BCUT2D eigenvalue weighted by molar-refractivity contribution is 0.354. The van der Waals surface area contributed by atoms with Gasteiger partial charge in [-0.1, -0.05) is 11.3 Å². The zero-order valence-electron chi connectivity index (χ0n) is 17.5. The summed E-state index contributed by atoms with van der Waals surface area (Å²) < 4.78 is 2.86.